The maximum Gasteiger partial charge on any atom is 0.325 e. The first-order valence-electron chi connectivity index (χ1n) is 8.05. The minimum absolute atomic E-state index is 0.0207. The van der Waals surface area contributed by atoms with E-state index in [0.717, 1.165) is 23.4 Å². The number of aromatic amines is 1. The van der Waals surface area contributed by atoms with Crippen LogP contribution in [0.5, 0.6) is 0 Å². The number of amides is 4. The maximum absolute atomic E-state index is 12.4. The number of hydrogen-bond acceptors (Lipinski definition) is 4. The Bertz CT molecular complexity index is 663. The van der Waals surface area contributed by atoms with Crippen LogP contribution in [-0.2, 0) is 22.4 Å². The van der Waals surface area contributed by atoms with Crippen molar-refractivity contribution in [1.29, 1.82) is 0 Å². The molecule has 8 nitrogen and oxygen atoms in total. The lowest BCUT2D eigenvalue weighted by Crippen LogP contribution is -2.44. The maximum atomic E-state index is 12.4. The molecule has 1 aromatic heterocycles. The van der Waals surface area contributed by atoms with E-state index < -0.39 is 6.03 Å². The average molecular weight is 317 g/mol. The topological polar surface area (TPSA) is 98.4 Å². The number of nitrogens with one attached hydrogen (secondary N) is 2. The second kappa shape index (κ2) is 5.36. The molecule has 2 aliphatic heterocycles. The van der Waals surface area contributed by atoms with Crippen LogP contribution >= 0.6 is 0 Å². The molecule has 0 unspecified atom stereocenters. The first-order chi connectivity index (χ1) is 11.1. The average Bonchev–Trinajstić information content (AvgIpc) is 3.29. The van der Waals surface area contributed by atoms with Gasteiger partial charge in [0.25, 0.3) is 5.91 Å². The fourth-order valence-electron chi connectivity index (χ4n) is 3.30. The van der Waals surface area contributed by atoms with Crippen molar-refractivity contribution >= 4 is 17.8 Å². The highest BCUT2D eigenvalue weighted by Crippen LogP contribution is 2.41. The molecule has 23 heavy (non-hydrogen) atoms. The fraction of sp³-hybridized carbons (Fsp3) is 0.600. The largest absolute Gasteiger partial charge is 0.340 e. The zero-order valence-electron chi connectivity index (χ0n) is 12.8. The van der Waals surface area contributed by atoms with Crippen LogP contribution in [0, 0.1) is 0 Å². The molecule has 4 rings (SSSR count). The lowest BCUT2D eigenvalue weighted by atomic mass is 10.1. The summed E-state index contributed by atoms with van der Waals surface area (Å²) >= 11 is 0. The van der Waals surface area contributed by atoms with Crippen molar-refractivity contribution in [2.75, 3.05) is 26.2 Å². The standard InChI is InChI=1S/C15H19N5O3/c21-12-7-16-15(23)20(12)8-13(22)19-5-3-10-11(4-6-19)17-18-14(10)9-1-2-9/h9H,1-8H2,(H,16,23)(H,17,18). The first-order valence-corrected chi connectivity index (χ1v) is 8.05. The minimum Gasteiger partial charge on any atom is -0.340 e. The molecule has 0 bridgehead atoms. The summed E-state index contributed by atoms with van der Waals surface area (Å²) in [4.78, 5) is 38.3. The lowest BCUT2D eigenvalue weighted by molar-refractivity contribution is -0.136. The molecule has 2 N–H and O–H groups in total. The van der Waals surface area contributed by atoms with Crippen LogP contribution in [0.4, 0.5) is 4.79 Å². The summed E-state index contributed by atoms with van der Waals surface area (Å²) in [5, 5.41) is 9.99. The van der Waals surface area contributed by atoms with E-state index in [1.807, 2.05) is 0 Å². The third kappa shape index (κ3) is 2.58. The molecule has 3 aliphatic rings. The molecule has 2 fully saturated rings. The van der Waals surface area contributed by atoms with Crippen molar-refractivity contribution in [1.82, 2.24) is 25.3 Å². The number of carbonyl (C=O) groups is 3. The van der Waals surface area contributed by atoms with Gasteiger partial charge in [-0.2, -0.15) is 5.10 Å². The Morgan fingerprint density at radius 2 is 2.00 bits per heavy atom. The van der Waals surface area contributed by atoms with E-state index >= 15 is 0 Å². The summed E-state index contributed by atoms with van der Waals surface area (Å²) in [5.74, 6) is 0.0632. The molecular weight excluding hydrogens is 298 g/mol. The molecule has 1 saturated carbocycles. The molecule has 4 amide bonds. The molecule has 1 aromatic rings. The van der Waals surface area contributed by atoms with Crippen molar-refractivity contribution in [2.24, 2.45) is 0 Å². The third-order valence-electron chi connectivity index (χ3n) is 4.80. The van der Waals surface area contributed by atoms with Gasteiger partial charge in [0.05, 0.1) is 12.2 Å². The molecule has 8 heteroatoms. The van der Waals surface area contributed by atoms with Crippen molar-refractivity contribution in [2.45, 2.75) is 31.6 Å². The van der Waals surface area contributed by atoms with Crippen LogP contribution in [0.15, 0.2) is 0 Å². The molecule has 0 radical (unpaired) electrons. The Hall–Kier alpha value is -2.38. The van der Waals surface area contributed by atoms with Gasteiger partial charge in [-0.05, 0) is 24.8 Å². The number of H-pyrrole nitrogens is 1. The highest BCUT2D eigenvalue weighted by molar-refractivity contribution is 6.04. The van der Waals surface area contributed by atoms with Gasteiger partial charge in [-0.15, -0.1) is 0 Å². The zero-order valence-corrected chi connectivity index (χ0v) is 12.8. The minimum atomic E-state index is -0.483. The number of imide groups is 1. The Labute approximate surface area is 133 Å². The van der Waals surface area contributed by atoms with E-state index in [-0.39, 0.29) is 24.9 Å². The predicted octanol–water partition coefficient (Wildman–Crippen LogP) is -0.234. The van der Waals surface area contributed by atoms with Crippen LogP contribution in [0.1, 0.15) is 35.7 Å². The Balaban J connectivity index is 1.42. The SMILES string of the molecule is O=C(CN1C(=O)CNC1=O)N1CCc2[nH]nc(C3CC3)c2CC1. The van der Waals surface area contributed by atoms with Gasteiger partial charge >= 0.3 is 6.03 Å². The van der Waals surface area contributed by atoms with E-state index in [0.29, 0.717) is 19.0 Å². The van der Waals surface area contributed by atoms with E-state index in [1.165, 1.54) is 24.1 Å². The van der Waals surface area contributed by atoms with Gasteiger partial charge in [0, 0.05) is 31.1 Å². The smallest absolute Gasteiger partial charge is 0.325 e. The number of urea groups is 1. The molecule has 3 heterocycles. The van der Waals surface area contributed by atoms with Crippen molar-refractivity contribution in [3.8, 4) is 0 Å². The summed E-state index contributed by atoms with van der Waals surface area (Å²) in [7, 11) is 0. The molecule has 1 aliphatic carbocycles. The van der Waals surface area contributed by atoms with Crippen molar-refractivity contribution in [3.63, 3.8) is 0 Å². The van der Waals surface area contributed by atoms with E-state index in [2.05, 4.69) is 15.5 Å². The Morgan fingerprint density at radius 3 is 2.70 bits per heavy atom. The monoisotopic (exact) mass is 317 g/mol. The van der Waals surface area contributed by atoms with E-state index in [4.69, 9.17) is 0 Å². The number of hydrogen-bond donors (Lipinski definition) is 2. The molecule has 0 aromatic carbocycles. The molecule has 0 spiro atoms. The molecule has 1 saturated heterocycles. The van der Waals surface area contributed by atoms with Crippen LogP contribution in [0.25, 0.3) is 0 Å². The number of nitrogens with zero attached hydrogens (tertiary/aromatic N) is 3. The Morgan fingerprint density at radius 1 is 1.22 bits per heavy atom. The number of carbonyl (C=O) groups excluding carboxylic acids is 3. The van der Waals surface area contributed by atoms with Gasteiger partial charge in [0.2, 0.25) is 5.91 Å². The molecular formula is C15H19N5O3. The summed E-state index contributed by atoms with van der Waals surface area (Å²) in [6.07, 6.45) is 3.92. The summed E-state index contributed by atoms with van der Waals surface area (Å²) < 4.78 is 0. The van der Waals surface area contributed by atoms with Crippen LogP contribution in [0.2, 0.25) is 0 Å². The second-order valence-electron chi connectivity index (χ2n) is 6.36. The van der Waals surface area contributed by atoms with Crippen molar-refractivity contribution < 1.29 is 14.4 Å². The predicted molar refractivity (Wildman–Crippen MR) is 79.7 cm³/mol. The van der Waals surface area contributed by atoms with Gasteiger partial charge < -0.3 is 10.2 Å². The number of fused-ring (bicyclic) bond motifs is 1. The van der Waals surface area contributed by atoms with Gasteiger partial charge in [-0.3, -0.25) is 19.6 Å². The highest BCUT2D eigenvalue weighted by atomic mass is 16.2. The van der Waals surface area contributed by atoms with E-state index in [1.54, 1.807) is 4.90 Å². The lowest BCUT2D eigenvalue weighted by Gasteiger charge is -2.22. The second-order valence-corrected chi connectivity index (χ2v) is 6.36. The quantitative estimate of drug-likeness (QED) is 0.752. The zero-order chi connectivity index (χ0) is 16.0. The highest BCUT2D eigenvalue weighted by Gasteiger charge is 2.34. The first kappa shape index (κ1) is 14.2. The van der Waals surface area contributed by atoms with Gasteiger partial charge in [0.15, 0.2) is 0 Å². The van der Waals surface area contributed by atoms with Crippen LogP contribution < -0.4 is 5.32 Å². The summed E-state index contributed by atoms with van der Waals surface area (Å²) in [5.41, 5.74) is 3.55. The fourth-order valence-corrected chi connectivity index (χ4v) is 3.30. The van der Waals surface area contributed by atoms with E-state index in [9.17, 15) is 14.4 Å². The Kier molecular flexibility index (Phi) is 3.32. The molecule has 122 valence electrons. The van der Waals surface area contributed by atoms with Crippen LogP contribution in [-0.4, -0.2) is 64.0 Å². The van der Waals surface area contributed by atoms with Crippen molar-refractivity contribution in [3.05, 3.63) is 17.0 Å². The van der Waals surface area contributed by atoms with Gasteiger partial charge in [-0.1, -0.05) is 0 Å². The normalized spacial score (nSPS) is 21.2. The number of rotatable bonds is 3. The van der Waals surface area contributed by atoms with Gasteiger partial charge in [-0.25, -0.2) is 4.79 Å². The molecule has 0 atom stereocenters. The number of aromatic nitrogens is 2. The van der Waals surface area contributed by atoms with Gasteiger partial charge in [0.1, 0.15) is 6.54 Å². The summed E-state index contributed by atoms with van der Waals surface area (Å²) in [6.45, 7) is 0.996. The summed E-state index contributed by atoms with van der Waals surface area (Å²) in [6, 6.07) is -0.483. The van der Waals surface area contributed by atoms with Crippen LogP contribution in [0.3, 0.4) is 0 Å². The third-order valence-corrected chi connectivity index (χ3v) is 4.80.